The number of hydrogen-bond donors (Lipinski definition) is 3. The highest BCUT2D eigenvalue weighted by Gasteiger charge is 2.21. The standard InChI is InChI=1S/C12H14BrN3O2/c13-8-5-10-6(4-12(18)16-10)3-7(8)9(14)1-2-11(15)17/h3,5,9H,1-2,4,14H2,(H2,15,17)(H,16,18). The van der Waals surface area contributed by atoms with Crippen LogP contribution in [0.25, 0.3) is 0 Å². The van der Waals surface area contributed by atoms with Crippen molar-refractivity contribution in [3.05, 3.63) is 27.7 Å². The highest BCUT2D eigenvalue weighted by molar-refractivity contribution is 9.10. The van der Waals surface area contributed by atoms with Crippen molar-refractivity contribution in [1.29, 1.82) is 0 Å². The van der Waals surface area contributed by atoms with Gasteiger partial charge in [-0.3, -0.25) is 9.59 Å². The average molecular weight is 312 g/mol. The summed E-state index contributed by atoms with van der Waals surface area (Å²) in [5.41, 5.74) is 13.8. The number of benzene rings is 1. The molecule has 1 unspecified atom stereocenters. The Morgan fingerprint density at radius 1 is 1.50 bits per heavy atom. The maximum Gasteiger partial charge on any atom is 0.228 e. The minimum absolute atomic E-state index is 0.0141. The molecular weight excluding hydrogens is 298 g/mol. The fraction of sp³-hybridized carbons (Fsp3) is 0.333. The van der Waals surface area contributed by atoms with Crippen molar-refractivity contribution in [1.82, 2.24) is 0 Å². The highest BCUT2D eigenvalue weighted by Crippen LogP contribution is 2.33. The third kappa shape index (κ3) is 2.70. The Bertz CT molecular complexity index is 516. The van der Waals surface area contributed by atoms with Crippen LogP contribution in [0.15, 0.2) is 16.6 Å². The number of rotatable bonds is 4. The minimum Gasteiger partial charge on any atom is -0.370 e. The first-order valence-corrected chi connectivity index (χ1v) is 6.42. The van der Waals surface area contributed by atoms with E-state index >= 15 is 0 Å². The highest BCUT2D eigenvalue weighted by atomic mass is 79.9. The van der Waals surface area contributed by atoms with Crippen molar-refractivity contribution < 1.29 is 9.59 Å². The summed E-state index contributed by atoms with van der Waals surface area (Å²) in [6, 6.07) is 3.48. The van der Waals surface area contributed by atoms with Crippen molar-refractivity contribution >= 4 is 33.4 Å². The first-order chi connectivity index (χ1) is 8.47. The summed E-state index contributed by atoms with van der Waals surface area (Å²) in [6.45, 7) is 0. The first kappa shape index (κ1) is 13.0. The molecule has 0 spiro atoms. The zero-order valence-electron chi connectivity index (χ0n) is 9.70. The van der Waals surface area contributed by atoms with Crippen LogP contribution in [0.2, 0.25) is 0 Å². The van der Waals surface area contributed by atoms with Gasteiger partial charge in [-0.2, -0.15) is 0 Å². The van der Waals surface area contributed by atoms with Crippen LogP contribution in [0.5, 0.6) is 0 Å². The molecule has 1 aliphatic heterocycles. The molecule has 1 atom stereocenters. The van der Waals surface area contributed by atoms with Gasteiger partial charge >= 0.3 is 0 Å². The minimum atomic E-state index is -0.362. The number of anilines is 1. The lowest BCUT2D eigenvalue weighted by Gasteiger charge is -2.14. The molecule has 1 aliphatic rings. The lowest BCUT2D eigenvalue weighted by molar-refractivity contribution is -0.118. The van der Waals surface area contributed by atoms with Gasteiger partial charge in [-0.15, -0.1) is 0 Å². The second kappa shape index (κ2) is 5.07. The number of nitrogens with two attached hydrogens (primary N) is 2. The van der Waals surface area contributed by atoms with Gasteiger partial charge < -0.3 is 16.8 Å². The predicted octanol–water partition coefficient (Wildman–Crippen LogP) is 1.21. The number of fused-ring (bicyclic) bond motifs is 1. The molecule has 1 aromatic rings. The average Bonchev–Trinajstić information content (AvgIpc) is 2.64. The first-order valence-electron chi connectivity index (χ1n) is 5.63. The van der Waals surface area contributed by atoms with Gasteiger partial charge in [0, 0.05) is 22.6 Å². The van der Waals surface area contributed by atoms with Crippen molar-refractivity contribution in [2.45, 2.75) is 25.3 Å². The second-order valence-corrected chi connectivity index (χ2v) is 5.22. The van der Waals surface area contributed by atoms with Crippen molar-refractivity contribution in [3.63, 3.8) is 0 Å². The zero-order valence-corrected chi connectivity index (χ0v) is 11.3. The Labute approximate surface area is 113 Å². The maximum absolute atomic E-state index is 11.3. The molecule has 18 heavy (non-hydrogen) atoms. The molecule has 6 heteroatoms. The Balaban J connectivity index is 2.21. The van der Waals surface area contributed by atoms with Crippen LogP contribution in [0.1, 0.15) is 30.0 Å². The van der Waals surface area contributed by atoms with E-state index in [4.69, 9.17) is 11.5 Å². The Kier molecular flexibility index (Phi) is 3.68. The lowest BCUT2D eigenvalue weighted by atomic mass is 9.99. The Morgan fingerprint density at radius 3 is 2.89 bits per heavy atom. The van der Waals surface area contributed by atoms with Crippen LogP contribution in [-0.4, -0.2) is 11.8 Å². The van der Waals surface area contributed by atoms with E-state index in [0.717, 1.165) is 21.3 Å². The monoisotopic (exact) mass is 311 g/mol. The van der Waals surface area contributed by atoms with Gasteiger partial charge in [0.25, 0.3) is 0 Å². The zero-order chi connectivity index (χ0) is 13.3. The van der Waals surface area contributed by atoms with Crippen LogP contribution in [-0.2, 0) is 16.0 Å². The third-order valence-corrected chi connectivity index (χ3v) is 3.64. The van der Waals surface area contributed by atoms with Crippen molar-refractivity contribution in [2.75, 3.05) is 5.32 Å². The van der Waals surface area contributed by atoms with Crippen LogP contribution in [0, 0.1) is 0 Å². The van der Waals surface area contributed by atoms with E-state index in [-0.39, 0.29) is 24.3 Å². The van der Waals surface area contributed by atoms with Crippen LogP contribution < -0.4 is 16.8 Å². The summed E-state index contributed by atoms with van der Waals surface area (Å²) < 4.78 is 0.834. The molecule has 2 amide bonds. The van der Waals surface area contributed by atoms with E-state index < -0.39 is 0 Å². The van der Waals surface area contributed by atoms with Gasteiger partial charge in [-0.05, 0) is 23.6 Å². The number of carbonyl (C=O) groups excluding carboxylic acids is 2. The largest absolute Gasteiger partial charge is 0.370 e. The topological polar surface area (TPSA) is 98.2 Å². The van der Waals surface area contributed by atoms with Gasteiger partial charge in [0.05, 0.1) is 6.42 Å². The maximum atomic E-state index is 11.3. The fourth-order valence-electron chi connectivity index (χ4n) is 2.00. The third-order valence-electron chi connectivity index (χ3n) is 2.95. The van der Waals surface area contributed by atoms with E-state index in [0.29, 0.717) is 12.8 Å². The molecule has 0 fully saturated rings. The summed E-state index contributed by atoms with van der Waals surface area (Å²) >= 11 is 3.43. The SMILES string of the molecule is NC(=O)CCC(N)c1cc2c(cc1Br)NC(=O)C2. The van der Waals surface area contributed by atoms with Gasteiger partial charge in [-0.1, -0.05) is 22.0 Å². The molecular formula is C12H14BrN3O2. The van der Waals surface area contributed by atoms with E-state index in [1.165, 1.54) is 0 Å². The number of hydrogen-bond acceptors (Lipinski definition) is 3. The second-order valence-electron chi connectivity index (χ2n) is 4.37. The van der Waals surface area contributed by atoms with Crippen LogP contribution in [0.4, 0.5) is 5.69 Å². The molecule has 5 nitrogen and oxygen atoms in total. The molecule has 0 aromatic heterocycles. The van der Waals surface area contributed by atoms with Gasteiger partial charge in [-0.25, -0.2) is 0 Å². The van der Waals surface area contributed by atoms with Gasteiger partial charge in [0.2, 0.25) is 11.8 Å². The van der Waals surface area contributed by atoms with Crippen molar-refractivity contribution in [3.8, 4) is 0 Å². The summed E-state index contributed by atoms with van der Waals surface area (Å²) in [6.07, 6.45) is 1.12. The molecule has 96 valence electrons. The molecule has 1 heterocycles. The van der Waals surface area contributed by atoms with Crippen LogP contribution >= 0.6 is 15.9 Å². The number of nitrogens with one attached hydrogen (secondary N) is 1. The number of halogens is 1. The molecule has 2 rings (SSSR count). The molecule has 0 radical (unpaired) electrons. The molecule has 0 bridgehead atoms. The van der Waals surface area contributed by atoms with E-state index in [2.05, 4.69) is 21.2 Å². The summed E-state index contributed by atoms with van der Waals surface area (Å²) in [5, 5.41) is 2.77. The number of amides is 2. The van der Waals surface area contributed by atoms with Crippen molar-refractivity contribution in [2.24, 2.45) is 11.5 Å². The molecule has 1 aromatic carbocycles. The Morgan fingerprint density at radius 2 is 2.22 bits per heavy atom. The smallest absolute Gasteiger partial charge is 0.228 e. The van der Waals surface area contributed by atoms with Gasteiger partial charge in [0.15, 0.2) is 0 Å². The molecule has 5 N–H and O–H groups in total. The predicted molar refractivity (Wildman–Crippen MR) is 71.8 cm³/mol. The summed E-state index contributed by atoms with van der Waals surface area (Å²) in [7, 11) is 0. The summed E-state index contributed by atoms with van der Waals surface area (Å²) in [4.78, 5) is 22.0. The van der Waals surface area contributed by atoms with Crippen LogP contribution in [0.3, 0.4) is 0 Å². The number of primary amides is 1. The van der Waals surface area contributed by atoms with E-state index in [1.54, 1.807) is 0 Å². The van der Waals surface area contributed by atoms with E-state index in [1.807, 2.05) is 12.1 Å². The molecule has 0 saturated heterocycles. The van der Waals surface area contributed by atoms with Gasteiger partial charge in [0.1, 0.15) is 0 Å². The van der Waals surface area contributed by atoms with E-state index in [9.17, 15) is 9.59 Å². The molecule has 0 aliphatic carbocycles. The molecule has 0 saturated carbocycles. The normalized spacial score (nSPS) is 15.1. The lowest BCUT2D eigenvalue weighted by Crippen LogP contribution is -2.17. The quantitative estimate of drug-likeness (QED) is 0.779. The fourth-order valence-corrected chi connectivity index (χ4v) is 2.64. The number of carbonyl (C=O) groups is 2. The Hall–Kier alpha value is -1.40. The summed E-state index contributed by atoms with van der Waals surface area (Å²) in [5.74, 6) is -0.376.